The van der Waals surface area contributed by atoms with Crippen molar-refractivity contribution < 1.29 is 39.3 Å². The lowest BCUT2D eigenvalue weighted by atomic mass is 10.1. The average Bonchev–Trinajstić information content (AvgIpc) is 2.79. The molecule has 0 saturated carbocycles. The van der Waals surface area contributed by atoms with Gasteiger partial charge < -0.3 is 20.6 Å². The quantitative estimate of drug-likeness (QED) is 0.305. The lowest BCUT2D eigenvalue weighted by molar-refractivity contribution is -0.143. The Balaban J connectivity index is 2.14. The molecule has 3 amide bonds. The van der Waals surface area contributed by atoms with E-state index in [1.54, 1.807) is 12.1 Å². The van der Waals surface area contributed by atoms with E-state index in [9.17, 15) is 34.2 Å². The van der Waals surface area contributed by atoms with Crippen LogP contribution in [0, 0.1) is 0 Å². The minimum absolute atomic E-state index is 0.00217. The molecular formula is C23H24ClN3O8. The van der Waals surface area contributed by atoms with Crippen LogP contribution in [0.2, 0.25) is 5.02 Å². The molecule has 5 N–H and O–H groups in total. The molecule has 0 fully saturated rings. The zero-order valence-electron chi connectivity index (χ0n) is 18.7. The summed E-state index contributed by atoms with van der Waals surface area (Å²) in [5.41, 5.74) is 2.82. The van der Waals surface area contributed by atoms with Crippen LogP contribution in [0.15, 0.2) is 42.5 Å². The first-order chi connectivity index (χ1) is 16.5. The van der Waals surface area contributed by atoms with Gasteiger partial charge in [-0.05, 0) is 49.2 Å². The van der Waals surface area contributed by atoms with Crippen molar-refractivity contribution >= 4 is 41.3 Å². The van der Waals surface area contributed by atoms with Crippen LogP contribution in [-0.4, -0.2) is 56.0 Å². The van der Waals surface area contributed by atoms with Crippen molar-refractivity contribution in [1.82, 2.24) is 15.8 Å². The summed E-state index contributed by atoms with van der Waals surface area (Å²) < 4.78 is 0. The van der Waals surface area contributed by atoms with Crippen LogP contribution in [0.3, 0.4) is 0 Å². The van der Waals surface area contributed by atoms with Gasteiger partial charge in [-0.1, -0.05) is 23.7 Å². The van der Waals surface area contributed by atoms with Gasteiger partial charge in [-0.25, -0.2) is 9.80 Å². The van der Waals surface area contributed by atoms with E-state index in [4.69, 9.17) is 16.7 Å². The molecule has 2 aromatic rings. The third kappa shape index (κ3) is 8.00. The second-order valence-electron chi connectivity index (χ2n) is 7.52. The molecule has 0 spiro atoms. The molecule has 186 valence electrons. The SMILES string of the molecule is C[C@@H](C(=O)O)N(NC(=O)CCCC(=O)O)C(=O)c1ccc(C(=O)NCc2cccc(O)c2)cc1Cl. The van der Waals surface area contributed by atoms with Crippen LogP contribution >= 0.6 is 11.6 Å². The number of phenolic OH excluding ortho intramolecular Hbond substituents is 1. The number of aromatic hydroxyl groups is 1. The summed E-state index contributed by atoms with van der Waals surface area (Å²) >= 11 is 6.20. The molecule has 0 bridgehead atoms. The number of halogens is 1. The number of aliphatic carboxylic acids is 2. The van der Waals surface area contributed by atoms with Gasteiger partial charge in [0.1, 0.15) is 11.8 Å². The Kier molecular flexibility index (Phi) is 9.59. The third-order valence-electron chi connectivity index (χ3n) is 4.83. The monoisotopic (exact) mass is 505 g/mol. The number of hydrogen-bond donors (Lipinski definition) is 5. The fourth-order valence-corrected chi connectivity index (χ4v) is 3.20. The molecule has 0 heterocycles. The Morgan fingerprint density at radius 1 is 1.03 bits per heavy atom. The normalized spacial score (nSPS) is 11.3. The Labute approximate surface area is 205 Å². The van der Waals surface area contributed by atoms with E-state index in [-0.39, 0.29) is 47.7 Å². The highest BCUT2D eigenvalue weighted by Gasteiger charge is 2.29. The number of carbonyl (C=O) groups excluding carboxylic acids is 3. The van der Waals surface area contributed by atoms with E-state index in [1.807, 2.05) is 0 Å². The number of hydrazine groups is 1. The summed E-state index contributed by atoms with van der Waals surface area (Å²) in [5, 5.41) is 30.6. The largest absolute Gasteiger partial charge is 0.508 e. The van der Waals surface area contributed by atoms with Crippen molar-refractivity contribution in [3.8, 4) is 5.75 Å². The second-order valence-corrected chi connectivity index (χ2v) is 7.93. The number of carbonyl (C=O) groups is 5. The molecule has 11 nitrogen and oxygen atoms in total. The predicted octanol–water partition coefficient (Wildman–Crippen LogP) is 2.18. The summed E-state index contributed by atoms with van der Waals surface area (Å²) in [5.74, 6) is -4.62. The number of nitrogens with zero attached hydrogens (tertiary/aromatic N) is 1. The van der Waals surface area contributed by atoms with E-state index in [2.05, 4.69) is 10.7 Å². The number of rotatable bonds is 10. The first-order valence-electron chi connectivity index (χ1n) is 10.4. The second kappa shape index (κ2) is 12.4. The van der Waals surface area contributed by atoms with Crippen molar-refractivity contribution in [3.05, 3.63) is 64.2 Å². The lowest BCUT2D eigenvalue weighted by Crippen LogP contribution is -2.53. The number of carboxylic acid groups (broad SMARTS) is 2. The van der Waals surface area contributed by atoms with Gasteiger partial charge in [0.15, 0.2) is 0 Å². The maximum absolute atomic E-state index is 13.0. The number of hydrogen-bond acceptors (Lipinski definition) is 6. The van der Waals surface area contributed by atoms with E-state index < -0.39 is 35.7 Å². The third-order valence-corrected chi connectivity index (χ3v) is 5.14. The highest BCUT2D eigenvalue weighted by molar-refractivity contribution is 6.34. The summed E-state index contributed by atoms with van der Waals surface area (Å²) in [6, 6.07) is 8.63. The lowest BCUT2D eigenvalue weighted by Gasteiger charge is -2.27. The molecule has 0 unspecified atom stereocenters. The summed E-state index contributed by atoms with van der Waals surface area (Å²) in [7, 11) is 0. The van der Waals surface area contributed by atoms with Gasteiger partial charge in [-0.3, -0.25) is 24.6 Å². The summed E-state index contributed by atoms with van der Waals surface area (Å²) in [4.78, 5) is 59.7. The molecule has 0 radical (unpaired) electrons. The van der Waals surface area contributed by atoms with Gasteiger partial charge in [0, 0.05) is 24.9 Å². The minimum Gasteiger partial charge on any atom is -0.508 e. The van der Waals surface area contributed by atoms with Gasteiger partial charge >= 0.3 is 11.9 Å². The molecular weight excluding hydrogens is 482 g/mol. The van der Waals surface area contributed by atoms with Crippen LogP contribution in [0.25, 0.3) is 0 Å². The zero-order chi connectivity index (χ0) is 26.1. The first-order valence-corrected chi connectivity index (χ1v) is 10.8. The molecule has 0 aliphatic rings. The highest BCUT2D eigenvalue weighted by atomic mass is 35.5. The number of nitrogens with one attached hydrogen (secondary N) is 2. The predicted molar refractivity (Wildman–Crippen MR) is 124 cm³/mol. The molecule has 0 aliphatic carbocycles. The minimum atomic E-state index is -1.47. The van der Waals surface area contributed by atoms with Crippen molar-refractivity contribution in [3.63, 3.8) is 0 Å². The smallest absolute Gasteiger partial charge is 0.328 e. The van der Waals surface area contributed by atoms with Gasteiger partial charge in [-0.15, -0.1) is 0 Å². The number of amides is 3. The van der Waals surface area contributed by atoms with Crippen molar-refractivity contribution in [1.29, 1.82) is 0 Å². The Hall–Kier alpha value is -4.12. The maximum atomic E-state index is 13.0. The molecule has 12 heteroatoms. The fourth-order valence-electron chi connectivity index (χ4n) is 2.93. The molecule has 0 saturated heterocycles. The number of benzene rings is 2. The van der Waals surface area contributed by atoms with Gasteiger partial charge in [-0.2, -0.15) is 0 Å². The topological polar surface area (TPSA) is 173 Å². The molecule has 2 rings (SSSR count). The Morgan fingerprint density at radius 3 is 2.34 bits per heavy atom. The molecule has 0 aromatic heterocycles. The van der Waals surface area contributed by atoms with Crippen LogP contribution in [0.4, 0.5) is 0 Å². The van der Waals surface area contributed by atoms with Crippen molar-refractivity contribution in [2.24, 2.45) is 0 Å². The first kappa shape index (κ1) is 27.1. The molecule has 1 atom stereocenters. The Bertz CT molecular complexity index is 1140. The number of carboxylic acids is 2. The summed E-state index contributed by atoms with van der Waals surface area (Å²) in [6.07, 6.45) is -0.511. The van der Waals surface area contributed by atoms with E-state index >= 15 is 0 Å². The molecule has 2 aromatic carbocycles. The van der Waals surface area contributed by atoms with Crippen LogP contribution in [0.1, 0.15) is 52.5 Å². The van der Waals surface area contributed by atoms with Gasteiger partial charge in [0.2, 0.25) is 5.91 Å². The zero-order valence-corrected chi connectivity index (χ0v) is 19.4. The Morgan fingerprint density at radius 2 is 1.74 bits per heavy atom. The standard InChI is InChI=1S/C23H24ClN3O8/c1-13(23(34)35)27(26-19(29)6-3-7-20(30)31)22(33)17-9-8-15(11-18(17)24)21(32)25-12-14-4-2-5-16(28)10-14/h2,4-5,8-11,13,28H,3,6-7,12H2,1H3,(H,25,32)(H,26,29)(H,30,31)(H,34,35)/t13-/m0/s1. The van der Waals surface area contributed by atoms with E-state index in [0.29, 0.717) is 10.6 Å². The molecule has 35 heavy (non-hydrogen) atoms. The van der Waals surface area contributed by atoms with Gasteiger partial charge in [0.25, 0.3) is 11.8 Å². The fraction of sp³-hybridized carbons (Fsp3) is 0.261. The molecule has 0 aliphatic heterocycles. The average molecular weight is 506 g/mol. The summed E-state index contributed by atoms with van der Waals surface area (Å²) in [6.45, 7) is 1.30. The highest BCUT2D eigenvalue weighted by Crippen LogP contribution is 2.21. The van der Waals surface area contributed by atoms with Crippen molar-refractivity contribution in [2.75, 3.05) is 0 Å². The van der Waals surface area contributed by atoms with Crippen LogP contribution in [0.5, 0.6) is 5.75 Å². The van der Waals surface area contributed by atoms with E-state index in [1.165, 1.54) is 37.3 Å². The van der Waals surface area contributed by atoms with Crippen molar-refractivity contribution in [2.45, 2.75) is 38.8 Å². The van der Waals surface area contributed by atoms with Crippen LogP contribution < -0.4 is 10.7 Å². The maximum Gasteiger partial charge on any atom is 0.328 e. The van der Waals surface area contributed by atoms with Gasteiger partial charge in [0.05, 0.1) is 10.6 Å². The number of phenols is 1. The van der Waals surface area contributed by atoms with E-state index in [0.717, 1.165) is 0 Å². The van der Waals surface area contributed by atoms with Crippen LogP contribution in [-0.2, 0) is 20.9 Å².